The second-order valence-electron chi connectivity index (χ2n) is 3.83. The van der Waals surface area contributed by atoms with E-state index in [1.807, 2.05) is 0 Å². The van der Waals surface area contributed by atoms with Gasteiger partial charge in [0.25, 0.3) is 0 Å². The van der Waals surface area contributed by atoms with Gasteiger partial charge in [-0.05, 0) is 12.3 Å². The Bertz CT molecular complexity index is 241. The normalized spacial score (nSPS) is 31.6. The van der Waals surface area contributed by atoms with Gasteiger partial charge in [0.15, 0.2) is 0 Å². The zero-order chi connectivity index (χ0) is 9.73. The maximum Gasteiger partial charge on any atom is 0.0934 e. The molecule has 1 aliphatic carbocycles. The molecule has 0 aromatic carbocycles. The van der Waals surface area contributed by atoms with Crippen molar-refractivity contribution in [1.82, 2.24) is 0 Å². The summed E-state index contributed by atoms with van der Waals surface area (Å²) in [6.45, 7) is 4.29. The van der Waals surface area contributed by atoms with Gasteiger partial charge < -0.3 is 0 Å². The fourth-order valence-corrected chi connectivity index (χ4v) is 1.53. The van der Waals surface area contributed by atoms with Crippen LogP contribution in [-0.2, 0) is 0 Å². The highest BCUT2D eigenvalue weighted by Gasteiger charge is 2.24. The molecule has 0 heterocycles. The van der Waals surface area contributed by atoms with E-state index in [0.29, 0.717) is 5.92 Å². The van der Waals surface area contributed by atoms with E-state index < -0.39 is 0 Å². The maximum atomic E-state index is 9.10. The molecule has 0 aliphatic heterocycles. The number of rotatable bonds is 3. The number of allylic oxidation sites excluding steroid dienone is 4. The fourth-order valence-electron chi connectivity index (χ4n) is 1.53. The first-order chi connectivity index (χ1) is 6.22. The van der Waals surface area contributed by atoms with Gasteiger partial charge in [0.1, 0.15) is 0 Å². The van der Waals surface area contributed by atoms with E-state index in [-0.39, 0.29) is 5.41 Å². The second-order valence-corrected chi connectivity index (χ2v) is 3.83. The van der Waals surface area contributed by atoms with E-state index >= 15 is 0 Å². The minimum absolute atomic E-state index is 0.303. The molecule has 0 amide bonds. The molecular weight excluding hydrogens is 158 g/mol. The first-order valence-corrected chi connectivity index (χ1v) is 5.02. The predicted molar refractivity (Wildman–Crippen MR) is 55.0 cm³/mol. The average Bonchev–Trinajstić information content (AvgIpc) is 2.18. The Balaban J connectivity index is 2.68. The molecule has 1 heteroatoms. The first-order valence-electron chi connectivity index (χ1n) is 5.02. The number of hydrogen-bond acceptors (Lipinski definition) is 1. The van der Waals surface area contributed by atoms with Gasteiger partial charge in [-0.1, -0.05) is 51.0 Å². The Kier molecular flexibility index (Phi) is 3.31. The van der Waals surface area contributed by atoms with Crippen LogP contribution in [0.5, 0.6) is 0 Å². The zero-order valence-electron chi connectivity index (χ0n) is 8.46. The third-order valence-electron chi connectivity index (χ3n) is 2.55. The molecule has 0 saturated heterocycles. The standard InChI is InChI=1S/C12H17N/c1-3-4-7-12(10-13)8-5-11(2)6-9-12/h5-6,8-9,11H,3-4,7H2,1-2H3. The monoisotopic (exact) mass is 175 g/mol. The van der Waals surface area contributed by atoms with E-state index in [0.717, 1.165) is 19.3 Å². The summed E-state index contributed by atoms with van der Waals surface area (Å²) < 4.78 is 0. The van der Waals surface area contributed by atoms with Crippen molar-refractivity contribution in [3.05, 3.63) is 24.3 Å². The van der Waals surface area contributed by atoms with Crippen molar-refractivity contribution in [3.63, 3.8) is 0 Å². The van der Waals surface area contributed by atoms with Crippen LogP contribution >= 0.6 is 0 Å². The topological polar surface area (TPSA) is 23.8 Å². The first kappa shape index (κ1) is 10.1. The Morgan fingerprint density at radius 1 is 1.38 bits per heavy atom. The highest BCUT2D eigenvalue weighted by molar-refractivity contribution is 5.27. The van der Waals surface area contributed by atoms with Gasteiger partial charge in [-0.2, -0.15) is 5.26 Å². The molecule has 1 nitrogen and oxygen atoms in total. The minimum atomic E-state index is -0.303. The van der Waals surface area contributed by atoms with Crippen LogP contribution in [-0.4, -0.2) is 0 Å². The van der Waals surface area contributed by atoms with Crippen molar-refractivity contribution < 1.29 is 0 Å². The van der Waals surface area contributed by atoms with Crippen molar-refractivity contribution >= 4 is 0 Å². The lowest BCUT2D eigenvalue weighted by Gasteiger charge is -2.22. The van der Waals surface area contributed by atoms with Crippen molar-refractivity contribution in [1.29, 1.82) is 5.26 Å². The Morgan fingerprint density at radius 3 is 2.46 bits per heavy atom. The number of nitrogens with zero attached hydrogens (tertiary/aromatic N) is 1. The van der Waals surface area contributed by atoms with Crippen molar-refractivity contribution in [3.8, 4) is 6.07 Å². The summed E-state index contributed by atoms with van der Waals surface area (Å²) in [5.41, 5.74) is -0.303. The molecule has 0 bridgehead atoms. The van der Waals surface area contributed by atoms with Crippen LogP contribution in [0.1, 0.15) is 33.1 Å². The van der Waals surface area contributed by atoms with Crippen LogP contribution in [0.2, 0.25) is 0 Å². The summed E-state index contributed by atoms with van der Waals surface area (Å²) >= 11 is 0. The van der Waals surface area contributed by atoms with Crippen molar-refractivity contribution in [2.24, 2.45) is 11.3 Å². The van der Waals surface area contributed by atoms with Crippen molar-refractivity contribution in [2.75, 3.05) is 0 Å². The van der Waals surface area contributed by atoms with Gasteiger partial charge in [-0.25, -0.2) is 0 Å². The molecule has 13 heavy (non-hydrogen) atoms. The smallest absolute Gasteiger partial charge is 0.0934 e. The van der Waals surface area contributed by atoms with Gasteiger partial charge in [0, 0.05) is 0 Å². The number of unbranched alkanes of at least 4 members (excludes halogenated alkanes) is 1. The van der Waals surface area contributed by atoms with E-state index in [4.69, 9.17) is 5.26 Å². The van der Waals surface area contributed by atoms with Gasteiger partial charge >= 0.3 is 0 Å². The lowest BCUT2D eigenvalue weighted by atomic mass is 9.79. The van der Waals surface area contributed by atoms with Crippen LogP contribution in [0.3, 0.4) is 0 Å². The van der Waals surface area contributed by atoms with Gasteiger partial charge in [-0.15, -0.1) is 0 Å². The van der Waals surface area contributed by atoms with Gasteiger partial charge in [0.05, 0.1) is 11.5 Å². The third kappa shape index (κ3) is 2.45. The molecule has 0 spiro atoms. The molecule has 0 N–H and O–H groups in total. The average molecular weight is 175 g/mol. The second kappa shape index (κ2) is 4.28. The van der Waals surface area contributed by atoms with Crippen LogP contribution in [0.4, 0.5) is 0 Å². The lowest BCUT2D eigenvalue weighted by molar-refractivity contribution is 0.528. The molecule has 0 radical (unpaired) electrons. The van der Waals surface area contributed by atoms with Crippen LogP contribution in [0.15, 0.2) is 24.3 Å². The van der Waals surface area contributed by atoms with Crippen LogP contribution < -0.4 is 0 Å². The van der Waals surface area contributed by atoms with Crippen molar-refractivity contribution in [2.45, 2.75) is 33.1 Å². The summed E-state index contributed by atoms with van der Waals surface area (Å²) in [6, 6.07) is 2.40. The molecule has 0 atom stereocenters. The molecule has 0 unspecified atom stereocenters. The Hall–Kier alpha value is -1.03. The zero-order valence-corrected chi connectivity index (χ0v) is 8.46. The summed E-state index contributed by atoms with van der Waals surface area (Å²) in [6.07, 6.45) is 11.6. The summed E-state index contributed by atoms with van der Waals surface area (Å²) in [7, 11) is 0. The van der Waals surface area contributed by atoms with E-state index in [1.54, 1.807) is 0 Å². The molecular formula is C12H17N. The van der Waals surface area contributed by atoms with Gasteiger partial charge in [0.2, 0.25) is 0 Å². The summed E-state index contributed by atoms with van der Waals surface area (Å²) in [4.78, 5) is 0. The SMILES string of the molecule is CCCCC1(C#N)C=CC(C)C=C1. The predicted octanol–water partition coefficient (Wildman–Crippen LogP) is 3.45. The quantitative estimate of drug-likeness (QED) is 0.603. The molecule has 0 saturated carbocycles. The van der Waals surface area contributed by atoms with E-state index in [1.165, 1.54) is 0 Å². The maximum absolute atomic E-state index is 9.10. The molecule has 0 aromatic rings. The number of nitriles is 1. The Morgan fingerprint density at radius 2 is 2.00 bits per heavy atom. The molecule has 0 aromatic heterocycles. The summed E-state index contributed by atoms with van der Waals surface area (Å²) in [5, 5.41) is 9.10. The van der Waals surface area contributed by atoms with Gasteiger partial charge in [-0.3, -0.25) is 0 Å². The highest BCUT2D eigenvalue weighted by Crippen LogP contribution is 2.31. The van der Waals surface area contributed by atoms with E-state index in [2.05, 4.69) is 44.2 Å². The number of hydrogen-bond donors (Lipinski definition) is 0. The highest BCUT2D eigenvalue weighted by atomic mass is 14.4. The lowest BCUT2D eigenvalue weighted by Crippen LogP contribution is -2.15. The van der Waals surface area contributed by atoms with E-state index in [9.17, 15) is 0 Å². The molecule has 0 fully saturated rings. The Labute approximate surface area is 80.8 Å². The summed E-state index contributed by atoms with van der Waals surface area (Å²) in [5.74, 6) is 0.489. The largest absolute Gasteiger partial charge is 0.197 e. The fraction of sp³-hybridized carbons (Fsp3) is 0.583. The van der Waals surface area contributed by atoms with Crippen LogP contribution in [0.25, 0.3) is 0 Å². The minimum Gasteiger partial charge on any atom is -0.197 e. The molecule has 70 valence electrons. The van der Waals surface area contributed by atoms with Crippen LogP contribution in [0, 0.1) is 22.7 Å². The molecule has 1 aliphatic rings. The molecule has 1 rings (SSSR count). The third-order valence-corrected chi connectivity index (χ3v) is 2.55.